The Morgan fingerprint density at radius 3 is 2.38 bits per heavy atom. The molecule has 0 bridgehead atoms. The molecule has 2 rings (SSSR count). The van der Waals surface area contributed by atoms with E-state index in [1.807, 2.05) is 12.1 Å². The fourth-order valence-corrected chi connectivity index (χ4v) is 3.00. The molecule has 0 aliphatic carbocycles. The lowest BCUT2D eigenvalue weighted by Crippen LogP contribution is -2.22. The van der Waals surface area contributed by atoms with Crippen molar-refractivity contribution in [3.63, 3.8) is 0 Å². The summed E-state index contributed by atoms with van der Waals surface area (Å²) in [5, 5.41) is 0.910. The van der Waals surface area contributed by atoms with E-state index in [2.05, 4.69) is 0 Å². The molecule has 0 aliphatic rings. The fourth-order valence-electron chi connectivity index (χ4n) is 1.98. The molecule has 0 saturated heterocycles. The number of carbonyl (C=O) groups excluding carboxylic acids is 2. The quantitative estimate of drug-likeness (QED) is 0.832. The van der Waals surface area contributed by atoms with Gasteiger partial charge in [0, 0.05) is 23.1 Å². The number of amides is 1. The summed E-state index contributed by atoms with van der Waals surface area (Å²) in [4.78, 5) is 23.8. The van der Waals surface area contributed by atoms with Crippen molar-refractivity contribution in [2.24, 2.45) is 11.7 Å². The minimum absolute atomic E-state index is 0.0829. The number of hydrogen-bond donors (Lipinski definition) is 1. The van der Waals surface area contributed by atoms with Gasteiger partial charge in [-0.25, -0.2) is 0 Å². The van der Waals surface area contributed by atoms with E-state index in [-0.39, 0.29) is 12.2 Å². The lowest BCUT2D eigenvalue weighted by atomic mass is 10.0. The highest BCUT2D eigenvalue weighted by molar-refractivity contribution is 7.20. The van der Waals surface area contributed by atoms with Gasteiger partial charge in [-0.1, -0.05) is 6.92 Å². The minimum Gasteiger partial charge on any atom is -0.493 e. The highest BCUT2D eigenvalue weighted by Gasteiger charge is 2.18. The summed E-state index contributed by atoms with van der Waals surface area (Å²) < 4.78 is 11.4. The normalized spacial score (nSPS) is 12.1. The van der Waals surface area contributed by atoms with Crippen LogP contribution in [0.15, 0.2) is 18.2 Å². The highest BCUT2D eigenvalue weighted by Crippen LogP contribution is 2.36. The largest absolute Gasteiger partial charge is 0.493 e. The first kappa shape index (κ1) is 15.3. The summed E-state index contributed by atoms with van der Waals surface area (Å²) in [6, 6.07) is 5.48. The summed E-state index contributed by atoms with van der Waals surface area (Å²) in [5.74, 6) is 0.226. The number of benzene rings is 1. The second kappa shape index (κ2) is 6.13. The average molecular weight is 307 g/mol. The van der Waals surface area contributed by atoms with Gasteiger partial charge in [0.25, 0.3) is 0 Å². The molecule has 1 atom stereocenters. The Morgan fingerprint density at radius 1 is 1.19 bits per heavy atom. The zero-order valence-electron chi connectivity index (χ0n) is 12.1. The van der Waals surface area contributed by atoms with E-state index in [0.29, 0.717) is 16.4 Å². The van der Waals surface area contributed by atoms with Gasteiger partial charge in [-0.2, -0.15) is 0 Å². The number of thiophene rings is 1. The Bertz CT molecular complexity index is 651. The number of Topliss-reactive ketones (excluding diaryl/α,β-unsaturated/α-hetero) is 1. The molecule has 0 fully saturated rings. The van der Waals surface area contributed by atoms with E-state index in [1.165, 1.54) is 11.3 Å². The van der Waals surface area contributed by atoms with Gasteiger partial charge in [0.15, 0.2) is 17.3 Å². The number of nitrogens with two attached hydrogens (primary N) is 1. The standard InChI is InChI=1S/C15H17NO4S/c1-8(15(16)18)4-10(17)14-6-9-5-11(19-2)12(20-3)7-13(9)21-14/h5-8H,4H2,1-3H3,(H2,16,18). The molecule has 0 radical (unpaired) electrons. The predicted molar refractivity (Wildman–Crippen MR) is 82.2 cm³/mol. The van der Waals surface area contributed by atoms with Crippen LogP contribution in [-0.4, -0.2) is 25.9 Å². The van der Waals surface area contributed by atoms with E-state index in [0.717, 1.165) is 10.1 Å². The van der Waals surface area contributed by atoms with Crippen LogP contribution in [0.1, 0.15) is 23.0 Å². The molecule has 112 valence electrons. The Kier molecular flexibility index (Phi) is 4.47. The average Bonchev–Trinajstić information content (AvgIpc) is 2.88. The van der Waals surface area contributed by atoms with Gasteiger partial charge in [0.1, 0.15) is 0 Å². The second-order valence-corrected chi connectivity index (χ2v) is 5.87. The van der Waals surface area contributed by atoms with Crippen LogP contribution in [0.4, 0.5) is 0 Å². The van der Waals surface area contributed by atoms with E-state index in [4.69, 9.17) is 15.2 Å². The first-order valence-electron chi connectivity index (χ1n) is 6.44. The summed E-state index contributed by atoms with van der Waals surface area (Å²) in [6.45, 7) is 1.65. The number of primary amides is 1. The molecule has 5 nitrogen and oxygen atoms in total. The van der Waals surface area contributed by atoms with Gasteiger partial charge in [0.05, 0.1) is 19.1 Å². The topological polar surface area (TPSA) is 78.6 Å². The number of rotatable bonds is 6. The number of hydrogen-bond acceptors (Lipinski definition) is 5. The molecule has 1 aromatic heterocycles. The fraction of sp³-hybridized carbons (Fsp3) is 0.333. The Hall–Kier alpha value is -2.08. The van der Waals surface area contributed by atoms with Crippen LogP contribution in [0.25, 0.3) is 10.1 Å². The van der Waals surface area contributed by atoms with Crippen LogP contribution >= 0.6 is 11.3 Å². The summed E-state index contributed by atoms with van der Waals surface area (Å²) in [6.07, 6.45) is 0.121. The van der Waals surface area contributed by atoms with Crippen LogP contribution in [0.5, 0.6) is 11.5 Å². The van der Waals surface area contributed by atoms with Gasteiger partial charge in [-0.05, 0) is 17.5 Å². The molecule has 2 aromatic rings. The predicted octanol–water partition coefficient (Wildman–Crippen LogP) is 2.61. The molecule has 1 aromatic carbocycles. The molecule has 1 unspecified atom stereocenters. The molecule has 1 amide bonds. The van der Waals surface area contributed by atoms with Crippen LogP contribution in [-0.2, 0) is 4.79 Å². The summed E-state index contributed by atoms with van der Waals surface area (Å²) in [5.41, 5.74) is 5.19. The van der Waals surface area contributed by atoms with Crippen molar-refractivity contribution < 1.29 is 19.1 Å². The van der Waals surface area contributed by atoms with E-state index in [9.17, 15) is 9.59 Å². The maximum Gasteiger partial charge on any atom is 0.220 e. The molecule has 21 heavy (non-hydrogen) atoms. The third kappa shape index (κ3) is 3.16. The molecular weight excluding hydrogens is 290 g/mol. The molecule has 0 aliphatic heterocycles. The van der Waals surface area contributed by atoms with Crippen molar-refractivity contribution in [2.75, 3.05) is 14.2 Å². The molecule has 0 spiro atoms. The monoisotopic (exact) mass is 307 g/mol. The van der Waals surface area contributed by atoms with E-state index < -0.39 is 11.8 Å². The number of ketones is 1. The van der Waals surface area contributed by atoms with Crippen LogP contribution in [0.2, 0.25) is 0 Å². The third-order valence-corrected chi connectivity index (χ3v) is 4.41. The number of fused-ring (bicyclic) bond motifs is 1. The van der Waals surface area contributed by atoms with Crippen molar-refractivity contribution in [2.45, 2.75) is 13.3 Å². The Morgan fingerprint density at radius 2 is 1.81 bits per heavy atom. The van der Waals surface area contributed by atoms with Crippen molar-refractivity contribution in [3.05, 3.63) is 23.1 Å². The Balaban J connectivity index is 2.34. The van der Waals surface area contributed by atoms with Gasteiger partial charge in [0.2, 0.25) is 5.91 Å². The lowest BCUT2D eigenvalue weighted by molar-refractivity contribution is -0.121. The van der Waals surface area contributed by atoms with Crippen molar-refractivity contribution in [1.29, 1.82) is 0 Å². The van der Waals surface area contributed by atoms with E-state index >= 15 is 0 Å². The van der Waals surface area contributed by atoms with E-state index in [1.54, 1.807) is 27.2 Å². The summed E-state index contributed by atoms with van der Waals surface area (Å²) in [7, 11) is 3.13. The van der Waals surface area contributed by atoms with Crippen LogP contribution in [0, 0.1) is 5.92 Å². The maximum absolute atomic E-state index is 12.2. The van der Waals surface area contributed by atoms with Crippen LogP contribution < -0.4 is 15.2 Å². The van der Waals surface area contributed by atoms with Gasteiger partial charge in [-0.15, -0.1) is 11.3 Å². The number of carbonyl (C=O) groups is 2. The molecule has 6 heteroatoms. The highest BCUT2D eigenvalue weighted by atomic mass is 32.1. The smallest absolute Gasteiger partial charge is 0.220 e. The number of ether oxygens (including phenoxy) is 2. The van der Waals surface area contributed by atoms with Crippen molar-refractivity contribution in [1.82, 2.24) is 0 Å². The Labute approximate surface area is 126 Å². The zero-order chi connectivity index (χ0) is 15.6. The molecule has 1 heterocycles. The maximum atomic E-state index is 12.2. The molecular formula is C15H17NO4S. The van der Waals surface area contributed by atoms with Crippen molar-refractivity contribution in [3.8, 4) is 11.5 Å². The molecule has 2 N–H and O–H groups in total. The molecule has 0 saturated carbocycles. The first-order chi connectivity index (χ1) is 9.96. The number of methoxy groups -OCH3 is 2. The van der Waals surface area contributed by atoms with Crippen LogP contribution in [0.3, 0.4) is 0 Å². The lowest BCUT2D eigenvalue weighted by Gasteiger charge is -2.06. The zero-order valence-corrected chi connectivity index (χ0v) is 13.0. The van der Waals surface area contributed by atoms with Gasteiger partial charge >= 0.3 is 0 Å². The second-order valence-electron chi connectivity index (χ2n) is 4.79. The third-order valence-electron chi connectivity index (χ3n) is 3.27. The SMILES string of the molecule is COc1cc2cc(C(=O)CC(C)C(N)=O)sc2cc1OC. The van der Waals surface area contributed by atoms with Gasteiger partial charge in [-0.3, -0.25) is 9.59 Å². The van der Waals surface area contributed by atoms with Crippen molar-refractivity contribution >= 4 is 33.1 Å². The minimum atomic E-state index is -0.466. The van der Waals surface area contributed by atoms with Gasteiger partial charge < -0.3 is 15.2 Å². The first-order valence-corrected chi connectivity index (χ1v) is 7.26. The summed E-state index contributed by atoms with van der Waals surface area (Å²) >= 11 is 1.37.